The first-order chi connectivity index (χ1) is 8.00. The van der Waals surface area contributed by atoms with Crippen molar-refractivity contribution in [2.45, 2.75) is 53.2 Å². The summed E-state index contributed by atoms with van der Waals surface area (Å²) in [6.07, 6.45) is 8.61. The van der Waals surface area contributed by atoms with Crippen LogP contribution in [0.4, 0.5) is 0 Å². The maximum Gasteiger partial charge on any atom is 0.226 e. The second-order valence-electron chi connectivity index (χ2n) is 5.00. The molecule has 0 saturated carbocycles. The lowest BCUT2D eigenvalue weighted by Gasteiger charge is -2.23. The highest BCUT2D eigenvalue weighted by molar-refractivity contribution is 5.74. The van der Waals surface area contributed by atoms with E-state index in [0.717, 1.165) is 19.3 Å². The van der Waals surface area contributed by atoms with Crippen molar-refractivity contribution < 1.29 is 9.53 Å². The van der Waals surface area contributed by atoms with Crippen LogP contribution in [0.1, 0.15) is 47.0 Å². The van der Waals surface area contributed by atoms with Gasteiger partial charge in [-0.2, -0.15) is 0 Å². The fraction of sp³-hybridized carbons (Fsp3) is 0.643. The van der Waals surface area contributed by atoms with Gasteiger partial charge in [0.25, 0.3) is 0 Å². The highest BCUT2D eigenvalue weighted by Gasteiger charge is 2.25. The summed E-state index contributed by atoms with van der Waals surface area (Å²) in [5.74, 6) is 0.595. The molecule has 0 aromatic carbocycles. The minimum Gasteiger partial charge on any atom is -0.476 e. The normalized spacial score (nSPS) is 20.0. The van der Waals surface area contributed by atoms with E-state index in [-0.39, 0.29) is 12.1 Å². The number of amides is 1. The molecular weight excluding hydrogens is 214 g/mol. The Kier molecular flexibility index (Phi) is 5.26. The van der Waals surface area contributed by atoms with Gasteiger partial charge in [0.05, 0.1) is 0 Å². The average molecular weight is 237 g/mol. The summed E-state index contributed by atoms with van der Waals surface area (Å²) in [4.78, 5) is 13.0. The van der Waals surface area contributed by atoms with Gasteiger partial charge in [0.2, 0.25) is 5.91 Å². The lowest BCUT2D eigenvalue weighted by atomic mass is 10.00. The van der Waals surface area contributed by atoms with E-state index in [4.69, 9.17) is 4.74 Å². The Bertz CT molecular complexity index is 316. The number of allylic oxidation sites excluding steroid dienone is 2. The second-order valence-corrected chi connectivity index (χ2v) is 5.00. The van der Waals surface area contributed by atoms with E-state index in [1.807, 2.05) is 0 Å². The summed E-state index contributed by atoms with van der Waals surface area (Å²) < 4.78 is 5.43. The van der Waals surface area contributed by atoms with Crippen LogP contribution in [-0.2, 0) is 9.53 Å². The van der Waals surface area contributed by atoms with E-state index in [9.17, 15) is 4.79 Å². The van der Waals surface area contributed by atoms with Gasteiger partial charge in [0.15, 0.2) is 6.23 Å². The van der Waals surface area contributed by atoms with Gasteiger partial charge in [0.1, 0.15) is 6.26 Å². The van der Waals surface area contributed by atoms with Crippen molar-refractivity contribution in [3.8, 4) is 0 Å². The highest BCUT2D eigenvalue weighted by atomic mass is 16.5. The van der Waals surface area contributed by atoms with Crippen LogP contribution in [0.25, 0.3) is 0 Å². The largest absolute Gasteiger partial charge is 0.476 e. The number of rotatable bonds is 5. The van der Waals surface area contributed by atoms with Crippen molar-refractivity contribution in [2.24, 2.45) is 5.92 Å². The molecule has 2 atom stereocenters. The first kappa shape index (κ1) is 13.8. The summed E-state index contributed by atoms with van der Waals surface area (Å²) >= 11 is 0. The van der Waals surface area contributed by atoms with Gasteiger partial charge in [-0.1, -0.05) is 18.6 Å². The first-order valence-corrected chi connectivity index (χ1v) is 6.25. The van der Waals surface area contributed by atoms with Crippen molar-refractivity contribution in [3.63, 3.8) is 0 Å². The lowest BCUT2D eigenvalue weighted by molar-refractivity contribution is -0.132. The fourth-order valence-corrected chi connectivity index (χ4v) is 1.95. The predicted octanol–water partition coefficient (Wildman–Crippen LogP) is 3.44. The number of nitrogens with zero attached hydrogens (tertiary/aromatic N) is 1. The van der Waals surface area contributed by atoms with E-state index in [2.05, 4.69) is 26.8 Å². The Morgan fingerprint density at radius 1 is 1.47 bits per heavy atom. The molecule has 1 aliphatic rings. The maximum absolute atomic E-state index is 11.3. The molecule has 0 aromatic rings. The van der Waals surface area contributed by atoms with Crippen LogP contribution in [-0.4, -0.2) is 17.0 Å². The SMILES string of the molecule is CC(=O)N1C=COC1CC(C)CCC=C(C)C. The van der Waals surface area contributed by atoms with Gasteiger partial charge >= 0.3 is 0 Å². The predicted molar refractivity (Wildman–Crippen MR) is 69.0 cm³/mol. The standard InChI is InChI=1S/C14H23NO2/c1-11(2)6-5-7-12(3)10-14-15(13(4)16)8-9-17-14/h6,8-9,12,14H,5,7,10H2,1-4H3. The van der Waals surface area contributed by atoms with Gasteiger partial charge in [-0.3, -0.25) is 9.69 Å². The molecule has 0 spiro atoms. The Morgan fingerprint density at radius 3 is 2.76 bits per heavy atom. The molecule has 17 heavy (non-hydrogen) atoms. The van der Waals surface area contributed by atoms with Gasteiger partial charge in [-0.05, 0) is 32.6 Å². The molecule has 0 aromatic heterocycles. The Hall–Kier alpha value is -1.25. The maximum atomic E-state index is 11.3. The number of carbonyl (C=O) groups is 1. The van der Waals surface area contributed by atoms with Crippen molar-refractivity contribution >= 4 is 5.91 Å². The third-order valence-electron chi connectivity index (χ3n) is 2.95. The summed E-state index contributed by atoms with van der Waals surface area (Å²) in [5, 5.41) is 0. The van der Waals surface area contributed by atoms with Crippen molar-refractivity contribution in [2.75, 3.05) is 0 Å². The van der Waals surface area contributed by atoms with Crippen molar-refractivity contribution in [1.82, 2.24) is 4.90 Å². The van der Waals surface area contributed by atoms with Crippen LogP contribution < -0.4 is 0 Å². The van der Waals surface area contributed by atoms with Crippen molar-refractivity contribution in [1.29, 1.82) is 0 Å². The fourth-order valence-electron chi connectivity index (χ4n) is 1.95. The van der Waals surface area contributed by atoms with Crippen LogP contribution in [0.5, 0.6) is 0 Å². The molecule has 0 fully saturated rings. The molecule has 0 aliphatic carbocycles. The van der Waals surface area contributed by atoms with E-state index in [0.29, 0.717) is 5.92 Å². The first-order valence-electron chi connectivity index (χ1n) is 6.25. The van der Waals surface area contributed by atoms with E-state index < -0.39 is 0 Å². The van der Waals surface area contributed by atoms with Crippen LogP contribution >= 0.6 is 0 Å². The average Bonchev–Trinajstić information content (AvgIpc) is 2.65. The molecule has 1 aliphatic heterocycles. The molecule has 3 nitrogen and oxygen atoms in total. The lowest BCUT2D eigenvalue weighted by Crippen LogP contribution is -2.33. The molecule has 1 heterocycles. The van der Waals surface area contributed by atoms with E-state index in [1.54, 1.807) is 24.3 Å². The topological polar surface area (TPSA) is 29.5 Å². The van der Waals surface area contributed by atoms with E-state index in [1.165, 1.54) is 5.57 Å². The molecule has 0 bridgehead atoms. The van der Waals surface area contributed by atoms with Gasteiger partial charge in [-0.15, -0.1) is 0 Å². The summed E-state index contributed by atoms with van der Waals surface area (Å²) in [6.45, 7) is 8.01. The molecule has 96 valence electrons. The van der Waals surface area contributed by atoms with Crippen LogP contribution in [0.15, 0.2) is 24.1 Å². The zero-order valence-electron chi connectivity index (χ0n) is 11.3. The number of carbonyl (C=O) groups excluding carboxylic acids is 1. The highest BCUT2D eigenvalue weighted by Crippen LogP contribution is 2.22. The van der Waals surface area contributed by atoms with E-state index >= 15 is 0 Å². The molecule has 0 saturated heterocycles. The monoisotopic (exact) mass is 237 g/mol. The Labute approximate surface area is 104 Å². The van der Waals surface area contributed by atoms with Gasteiger partial charge < -0.3 is 4.74 Å². The molecule has 0 N–H and O–H groups in total. The Morgan fingerprint density at radius 2 is 2.18 bits per heavy atom. The van der Waals surface area contributed by atoms with Crippen LogP contribution in [0.2, 0.25) is 0 Å². The third kappa shape index (κ3) is 4.63. The molecule has 1 rings (SSSR count). The number of hydrogen-bond donors (Lipinski definition) is 0. The van der Waals surface area contributed by atoms with Crippen molar-refractivity contribution in [3.05, 3.63) is 24.1 Å². The quantitative estimate of drug-likeness (QED) is 0.685. The van der Waals surface area contributed by atoms with Crippen LogP contribution in [0.3, 0.4) is 0 Å². The summed E-state index contributed by atoms with van der Waals surface area (Å²) in [6, 6.07) is 0. The summed E-state index contributed by atoms with van der Waals surface area (Å²) in [5.41, 5.74) is 1.36. The summed E-state index contributed by atoms with van der Waals surface area (Å²) in [7, 11) is 0. The zero-order valence-corrected chi connectivity index (χ0v) is 11.3. The molecular formula is C14H23NO2. The third-order valence-corrected chi connectivity index (χ3v) is 2.95. The zero-order chi connectivity index (χ0) is 12.8. The number of ether oxygens (including phenoxy) is 1. The molecule has 0 radical (unpaired) electrons. The molecule has 2 unspecified atom stereocenters. The van der Waals surface area contributed by atoms with Crippen LogP contribution in [0, 0.1) is 5.92 Å². The molecule has 1 amide bonds. The molecule has 3 heteroatoms. The van der Waals surface area contributed by atoms with Gasteiger partial charge in [-0.25, -0.2) is 0 Å². The smallest absolute Gasteiger partial charge is 0.226 e. The minimum atomic E-state index is -0.103. The van der Waals surface area contributed by atoms with Gasteiger partial charge in [0, 0.05) is 19.5 Å². The minimum absolute atomic E-state index is 0.0419. The Balaban J connectivity index is 2.33. The number of hydrogen-bond acceptors (Lipinski definition) is 2. The second kappa shape index (κ2) is 6.48.